The van der Waals surface area contributed by atoms with Gasteiger partial charge >= 0.3 is 0 Å². The molecule has 3 fully saturated rings. The monoisotopic (exact) mass is 264 g/mol. The molecule has 0 spiro atoms. The van der Waals surface area contributed by atoms with Crippen molar-refractivity contribution in [2.75, 3.05) is 13.6 Å². The lowest BCUT2D eigenvalue weighted by Gasteiger charge is -2.36. The average Bonchev–Trinajstić information content (AvgIpc) is 2.75. The minimum atomic E-state index is 0.865. The van der Waals surface area contributed by atoms with E-state index in [1.807, 2.05) is 0 Å². The van der Waals surface area contributed by atoms with Crippen molar-refractivity contribution >= 4 is 0 Å². The van der Waals surface area contributed by atoms with Gasteiger partial charge in [0.2, 0.25) is 0 Å². The molecule has 2 heterocycles. The van der Waals surface area contributed by atoms with E-state index in [0.717, 1.165) is 30.0 Å². The zero-order valence-electron chi connectivity index (χ0n) is 12.9. The molecule has 2 heteroatoms. The number of fused-ring (bicyclic) bond motifs is 2. The van der Waals surface area contributed by atoms with E-state index >= 15 is 0 Å². The van der Waals surface area contributed by atoms with Gasteiger partial charge in [-0.15, -0.1) is 0 Å². The van der Waals surface area contributed by atoms with E-state index in [0.29, 0.717) is 0 Å². The maximum Gasteiger partial charge on any atom is 0.00947 e. The Balaban J connectivity index is 1.41. The largest absolute Gasteiger partial charge is 0.311 e. The van der Waals surface area contributed by atoms with Crippen LogP contribution in [0.4, 0.5) is 0 Å². The number of nitrogens with one attached hydrogen (secondary N) is 1. The SMILES string of the molecule is CC1CCCC(N(C)CCC2CC3CCC(C2)N3)C1. The molecule has 0 aromatic rings. The predicted octanol–water partition coefficient (Wildman–Crippen LogP) is 3.42. The van der Waals surface area contributed by atoms with Gasteiger partial charge in [0.05, 0.1) is 0 Å². The van der Waals surface area contributed by atoms with E-state index in [1.165, 1.54) is 64.3 Å². The fourth-order valence-corrected chi connectivity index (χ4v) is 4.78. The lowest BCUT2D eigenvalue weighted by atomic mass is 9.85. The molecule has 0 aromatic carbocycles. The summed E-state index contributed by atoms with van der Waals surface area (Å²) in [5.74, 6) is 1.96. The molecule has 0 amide bonds. The van der Waals surface area contributed by atoms with Crippen LogP contribution in [0.3, 0.4) is 0 Å². The third kappa shape index (κ3) is 3.52. The lowest BCUT2D eigenvalue weighted by Crippen LogP contribution is -2.40. The summed E-state index contributed by atoms with van der Waals surface area (Å²) in [5, 5.41) is 3.76. The first kappa shape index (κ1) is 13.9. The first-order valence-electron chi connectivity index (χ1n) is 8.67. The van der Waals surface area contributed by atoms with Crippen molar-refractivity contribution in [3.8, 4) is 0 Å². The zero-order valence-corrected chi connectivity index (χ0v) is 12.9. The van der Waals surface area contributed by atoms with Gasteiger partial charge in [-0.05, 0) is 70.4 Å². The molecule has 0 radical (unpaired) electrons. The molecule has 1 aliphatic carbocycles. The Hall–Kier alpha value is -0.0800. The van der Waals surface area contributed by atoms with Gasteiger partial charge < -0.3 is 10.2 Å². The van der Waals surface area contributed by atoms with Gasteiger partial charge in [-0.2, -0.15) is 0 Å². The number of nitrogens with zero attached hydrogens (tertiary/aromatic N) is 1. The summed E-state index contributed by atoms with van der Waals surface area (Å²) >= 11 is 0. The average molecular weight is 264 g/mol. The molecule has 2 bridgehead atoms. The van der Waals surface area contributed by atoms with Gasteiger partial charge in [0, 0.05) is 18.1 Å². The summed E-state index contributed by atoms with van der Waals surface area (Å²) in [5.41, 5.74) is 0. The molecule has 2 nitrogen and oxygen atoms in total. The smallest absolute Gasteiger partial charge is 0.00947 e. The molecule has 0 aromatic heterocycles. The summed E-state index contributed by atoms with van der Waals surface area (Å²) in [4.78, 5) is 2.68. The Bertz CT molecular complexity index is 279. The minimum Gasteiger partial charge on any atom is -0.311 e. The summed E-state index contributed by atoms with van der Waals surface area (Å²) in [6.45, 7) is 3.77. The number of hydrogen-bond donors (Lipinski definition) is 1. The van der Waals surface area contributed by atoms with Crippen LogP contribution in [0.2, 0.25) is 0 Å². The highest BCUT2D eigenvalue weighted by Gasteiger charge is 2.33. The standard InChI is InChI=1S/C17H32N2/c1-13-4-3-5-17(10-13)19(2)9-8-14-11-15-6-7-16(12-14)18-15/h13-18H,3-12H2,1-2H3. The van der Waals surface area contributed by atoms with Gasteiger partial charge in [-0.25, -0.2) is 0 Å². The van der Waals surface area contributed by atoms with Crippen LogP contribution in [-0.4, -0.2) is 36.6 Å². The van der Waals surface area contributed by atoms with Crippen LogP contribution in [0.15, 0.2) is 0 Å². The van der Waals surface area contributed by atoms with Crippen LogP contribution in [0.25, 0.3) is 0 Å². The third-order valence-electron chi connectivity index (χ3n) is 5.99. The van der Waals surface area contributed by atoms with Crippen molar-refractivity contribution < 1.29 is 0 Å². The normalized spacial score (nSPS) is 42.8. The van der Waals surface area contributed by atoms with Crippen molar-refractivity contribution in [1.82, 2.24) is 10.2 Å². The Morgan fingerprint density at radius 1 is 1.00 bits per heavy atom. The van der Waals surface area contributed by atoms with E-state index in [9.17, 15) is 0 Å². The van der Waals surface area contributed by atoms with E-state index in [4.69, 9.17) is 0 Å². The topological polar surface area (TPSA) is 15.3 Å². The molecule has 3 rings (SSSR count). The second kappa shape index (κ2) is 6.13. The van der Waals surface area contributed by atoms with Crippen molar-refractivity contribution in [2.45, 2.75) is 82.8 Å². The molecular formula is C17H32N2. The molecule has 19 heavy (non-hydrogen) atoms. The van der Waals surface area contributed by atoms with Crippen molar-refractivity contribution in [1.29, 1.82) is 0 Å². The van der Waals surface area contributed by atoms with Gasteiger partial charge in [0.25, 0.3) is 0 Å². The molecule has 3 aliphatic rings. The second-order valence-electron chi connectivity index (χ2n) is 7.67. The Morgan fingerprint density at radius 3 is 2.42 bits per heavy atom. The molecule has 1 saturated carbocycles. The Labute approximate surface area is 119 Å². The van der Waals surface area contributed by atoms with Crippen molar-refractivity contribution in [3.63, 3.8) is 0 Å². The van der Waals surface area contributed by atoms with E-state index < -0.39 is 0 Å². The van der Waals surface area contributed by atoms with Gasteiger partial charge in [0.1, 0.15) is 0 Å². The number of hydrogen-bond acceptors (Lipinski definition) is 2. The molecule has 1 N–H and O–H groups in total. The highest BCUT2D eigenvalue weighted by Crippen LogP contribution is 2.33. The first-order chi connectivity index (χ1) is 9.20. The molecule has 2 saturated heterocycles. The van der Waals surface area contributed by atoms with Crippen LogP contribution in [0, 0.1) is 11.8 Å². The van der Waals surface area contributed by atoms with Crippen molar-refractivity contribution in [3.05, 3.63) is 0 Å². The lowest BCUT2D eigenvalue weighted by molar-refractivity contribution is 0.148. The van der Waals surface area contributed by atoms with E-state index in [1.54, 1.807) is 0 Å². The van der Waals surface area contributed by atoms with Gasteiger partial charge in [-0.1, -0.05) is 19.8 Å². The van der Waals surface area contributed by atoms with Gasteiger partial charge in [-0.3, -0.25) is 0 Å². The number of rotatable bonds is 4. The summed E-state index contributed by atoms with van der Waals surface area (Å²) in [7, 11) is 2.37. The minimum absolute atomic E-state index is 0.865. The van der Waals surface area contributed by atoms with Crippen LogP contribution in [0.5, 0.6) is 0 Å². The zero-order chi connectivity index (χ0) is 13.2. The quantitative estimate of drug-likeness (QED) is 0.837. The molecule has 4 atom stereocenters. The van der Waals surface area contributed by atoms with Crippen LogP contribution < -0.4 is 5.32 Å². The van der Waals surface area contributed by atoms with E-state index in [-0.39, 0.29) is 0 Å². The highest BCUT2D eigenvalue weighted by molar-refractivity contribution is 4.92. The molecule has 110 valence electrons. The Kier molecular flexibility index (Phi) is 4.48. The Morgan fingerprint density at radius 2 is 1.74 bits per heavy atom. The van der Waals surface area contributed by atoms with E-state index in [2.05, 4.69) is 24.2 Å². The third-order valence-corrected chi connectivity index (χ3v) is 5.99. The summed E-state index contributed by atoms with van der Waals surface area (Å²) in [6.07, 6.45) is 13.0. The van der Waals surface area contributed by atoms with Crippen LogP contribution >= 0.6 is 0 Å². The molecular weight excluding hydrogens is 232 g/mol. The van der Waals surface area contributed by atoms with Crippen LogP contribution in [0.1, 0.15) is 64.7 Å². The maximum atomic E-state index is 3.76. The number of piperidine rings is 1. The fourth-order valence-electron chi connectivity index (χ4n) is 4.78. The summed E-state index contributed by atoms with van der Waals surface area (Å²) in [6, 6.07) is 2.61. The fraction of sp³-hybridized carbons (Fsp3) is 1.00. The molecule has 2 aliphatic heterocycles. The first-order valence-corrected chi connectivity index (χ1v) is 8.67. The predicted molar refractivity (Wildman–Crippen MR) is 81.3 cm³/mol. The summed E-state index contributed by atoms with van der Waals surface area (Å²) < 4.78 is 0. The maximum absolute atomic E-state index is 3.76. The van der Waals surface area contributed by atoms with Crippen molar-refractivity contribution in [2.24, 2.45) is 11.8 Å². The molecule has 4 unspecified atom stereocenters. The highest BCUT2D eigenvalue weighted by atomic mass is 15.1. The second-order valence-corrected chi connectivity index (χ2v) is 7.67. The van der Waals surface area contributed by atoms with Gasteiger partial charge in [0.15, 0.2) is 0 Å². The van der Waals surface area contributed by atoms with Crippen LogP contribution in [-0.2, 0) is 0 Å².